The lowest BCUT2D eigenvalue weighted by atomic mass is 10.0. The van der Waals surface area contributed by atoms with Crippen molar-refractivity contribution >= 4 is 23.9 Å². The molecule has 1 heterocycles. The van der Waals surface area contributed by atoms with Gasteiger partial charge in [0.1, 0.15) is 5.75 Å². The van der Waals surface area contributed by atoms with Gasteiger partial charge in [-0.3, -0.25) is 4.79 Å². The van der Waals surface area contributed by atoms with Crippen LogP contribution in [0.4, 0.5) is 5.69 Å². The van der Waals surface area contributed by atoms with Gasteiger partial charge in [0.05, 0.1) is 13.7 Å². The zero-order valence-electron chi connectivity index (χ0n) is 14.9. The molecule has 2 aromatic rings. The van der Waals surface area contributed by atoms with E-state index in [1.165, 1.54) is 5.56 Å². The summed E-state index contributed by atoms with van der Waals surface area (Å²) in [6.45, 7) is 1.20. The number of para-hydroxylation sites is 2. The van der Waals surface area contributed by atoms with Gasteiger partial charge in [-0.05, 0) is 42.7 Å². The second kappa shape index (κ2) is 8.85. The van der Waals surface area contributed by atoms with Gasteiger partial charge in [0.2, 0.25) is 0 Å². The number of carbonyl (C=O) groups is 1. The molecule has 0 aromatic heterocycles. The molecular formula is C21H23N3O2. The van der Waals surface area contributed by atoms with Crippen LogP contribution in [0.3, 0.4) is 0 Å². The normalized spacial score (nSPS) is 13.8. The Morgan fingerprint density at radius 1 is 1.23 bits per heavy atom. The Morgan fingerprint density at radius 2 is 2.04 bits per heavy atom. The number of rotatable bonds is 6. The number of hydrogen-bond donors (Lipinski definition) is 1. The van der Waals surface area contributed by atoms with Crippen LogP contribution in [0, 0.1) is 0 Å². The summed E-state index contributed by atoms with van der Waals surface area (Å²) in [5.74, 6) is 0.675. The number of benzene rings is 2. The third-order valence-corrected chi connectivity index (χ3v) is 4.31. The molecule has 0 fully saturated rings. The van der Waals surface area contributed by atoms with Crippen molar-refractivity contribution in [3.63, 3.8) is 0 Å². The van der Waals surface area contributed by atoms with Gasteiger partial charge in [-0.2, -0.15) is 5.10 Å². The van der Waals surface area contributed by atoms with Crippen molar-refractivity contribution in [3.05, 3.63) is 65.7 Å². The Balaban J connectivity index is 1.52. The summed E-state index contributed by atoms with van der Waals surface area (Å²) in [6, 6.07) is 16.0. The van der Waals surface area contributed by atoms with E-state index in [0.717, 1.165) is 36.4 Å². The fraction of sp³-hybridized carbons (Fsp3) is 0.238. The average Bonchev–Trinajstić information content (AvgIpc) is 2.68. The molecule has 0 saturated heterocycles. The lowest BCUT2D eigenvalue weighted by molar-refractivity contribution is -0.119. The highest BCUT2D eigenvalue weighted by atomic mass is 16.5. The second-order valence-corrected chi connectivity index (χ2v) is 6.07. The first kappa shape index (κ1) is 17.7. The zero-order chi connectivity index (χ0) is 18.2. The molecule has 0 radical (unpaired) electrons. The molecule has 26 heavy (non-hydrogen) atoms. The minimum Gasteiger partial charge on any atom is -0.496 e. The van der Waals surface area contributed by atoms with Crippen LogP contribution in [-0.4, -0.2) is 32.3 Å². The van der Waals surface area contributed by atoms with Crippen LogP contribution in [-0.2, 0) is 11.2 Å². The molecule has 5 heteroatoms. The fourth-order valence-corrected chi connectivity index (χ4v) is 3.09. The number of anilines is 1. The number of methoxy groups -OCH3 is 1. The van der Waals surface area contributed by atoms with Crippen LogP contribution in [0.25, 0.3) is 6.08 Å². The molecule has 0 saturated carbocycles. The van der Waals surface area contributed by atoms with Gasteiger partial charge in [-0.1, -0.05) is 36.4 Å². The third-order valence-electron chi connectivity index (χ3n) is 4.31. The fourth-order valence-electron chi connectivity index (χ4n) is 3.09. The lowest BCUT2D eigenvalue weighted by Gasteiger charge is -2.30. The van der Waals surface area contributed by atoms with Crippen molar-refractivity contribution in [3.8, 4) is 5.75 Å². The number of fused-ring (bicyclic) bond motifs is 1. The molecular weight excluding hydrogens is 326 g/mol. The molecule has 1 aliphatic heterocycles. The maximum absolute atomic E-state index is 12.1. The molecule has 5 nitrogen and oxygen atoms in total. The van der Waals surface area contributed by atoms with Gasteiger partial charge >= 0.3 is 0 Å². The van der Waals surface area contributed by atoms with E-state index in [4.69, 9.17) is 4.74 Å². The Labute approximate surface area is 154 Å². The van der Waals surface area contributed by atoms with Crippen LogP contribution in [0.1, 0.15) is 17.5 Å². The monoisotopic (exact) mass is 349 g/mol. The predicted molar refractivity (Wildman–Crippen MR) is 106 cm³/mol. The van der Waals surface area contributed by atoms with E-state index < -0.39 is 0 Å². The molecule has 2 aromatic carbocycles. The minimum atomic E-state index is -0.122. The number of aryl methyl sites for hydroxylation is 1. The first-order valence-corrected chi connectivity index (χ1v) is 8.72. The van der Waals surface area contributed by atoms with Gasteiger partial charge in [0.15, 0.2) is 0 Å². The largest absolute Gasteiger partial charge is 0.496 e. The maximum Gasteiger partial charge on any atom is 0.259 e. The molecule has 3 rings (SSSR count). The van der Waals surface area contributed by atoms with Gasteiger partial charge in [0.25, 0.3) is 5.91 Å². The first-order chi connectivity index (χ1) is 12.8. The Kier molecular flexibility index (Phi) is 6.04. The van der Waals surface area contributed by atoms with Gasteiger partial charge in [-0.15, -0.1) is 0 Å². The molecule has 0 bridgehead atoms. The number of nitrogens with zero attached hydrogens (tertiary/aromatic N) is 2. The van der Waals surface area contributed by atoms with E-state index in [2.05, 4.69) is 27.6 Å². The van der Waals surface area contributed by atoms with E-state index in [1.54, 1.807) is 19.4 Å². The van der Waals surface area contributed by atoms with Crippen molar-refractivity contribution in [2.75, 3.05) is 25.1 Å². The topological polar surface area (TPSA) is 53.9 Å². The molecule has 1 amide bonds. The Hall–Kier alpha value is -3.08. The van der Waals surface area contributed by atoms with Crippen LogP contribution < -0.4 is 15.1 Å². The van der Waals surface area contributed by atoms with Crippen molar-refractivity contribution in [2.24, 2.45) is 5.10 Å². The smallest absolute Gasteiger partial charge is 0.259 e. The zero-order valence-corrected chi connectivity index (χ0v) is 14.9. The number of hydrazone groups is 1. The van der Waals surface area contributed by atoms with Gasteiger partial charge < -0.3 is 9.64 Å². The Bertz CT molecular complexity index is 814. The summed E-state index contributed by atoms with van der Waals surface area (Å²) in [6.07, 6.45) is 7.35. The molecule has 0 spiro atoms. The van der Waals surface area contributed by atoms with E-state index >= 15 is 0 Å². The SMILES string of the molecule is COc1ccccc1/C=C/C=N\NC(=O)CN1CCCc2ccccc21. The van der Waals surface area contributed by atoms with E-state index in [0.29, 0.717) is 6.54 Å². The summed E-state index contributed by atoms with van der Waals surface area (Å²) in [7, 11) is 1.64. The first-order valence-electron chi connectivity index (χ1n) is 8.72. The van der Waals surface area contributed by atoms with Crippen LogP contribution in [0.15, 0.2) is 59.7 Å². The second-order valence-electron chi connectivity index (χ2n) is 6.07. The summed E-state index contributed by atoms with van der Waals surface area (Å²) >= 11 is 0. The summed E-state index contributed by atoms with van der Waals surface area (Å²) < 4.78 is 5.28. The van der Waals surface area contributed by atoms with Gasteiger partial charge in [-0.25, -0.2) is 5.43 Å². The van der Waals surface area contributed by atoms with E-state index in [-0.39, 0.29) is 5.91 Å². The van der Waals surface area contributed by atoms with Crippen LogP contribution in [0.5, 0.6) is 5.75 Å². The van der Waals surface area contributed by atoms with E-state index in [9.17, 15) is 4.79 Å². The van der Waals surface area contributed by atoms with Gasteiger partial charge in [0, 0.05) is 24.0 Å². The highest BCUT2D eigenvalue weighted by Gasteiger charge is 2.18. The average molecular weight is 349 g/mol. The van der Waals surface area contributed by atoms with Crippen molar-refractivity contribution in [1.29, 1.82) is 0 Å². The molecule has 0 unspecified atom stereocenters. The summed E-state index contributed by atoms with van der Waals surface area (Å²) in [5, 5.41) is 3.98. The predicted octanol–water partition coefficient (Wildman–Crippen LogP) is 3.26. The third kappa shape index (κ3) is 4.51. The molecule has 1 aliphatic rings. The summed E-state index contributed by atoms with van der Waals surface area (Å²) in [5.41, 5.74) is 5.99. The highest BCUT2D eigenvalue weighted by molar-refractivity contribution is 5.84. The molecule has 1 N–H and O–H groups in total. The quantitative estimate of drug-likeness (QED) is 0.643. The molecule has 0 aliphatic carbocycles. The van der Waals surface area contributed by atoms with E-state index in [1.807, 2.05) is 42.5 Å². The summed E-state index contributed by atoms with van der Waals surface area (Å²) in [4.78, 5) is 14.2. The minimum absolute atomic E-state index is 0.122. The van der Waals surface area contributed by atoms with Crippen molar-refractivity contribution in [1.82, 2.24) is 5.43 Å². The standard InChI is InChI=1S/C21H23N3O2/c1-26-20-13-5-3-9-18(20)10-6-14-22-23-21(25)16-24-15-7-11-17-8-2-4-12-19(17)24/h2-6,8-10,12-14H,7,11,15-16H2,1H3,(H,23,25)/b10-6+,22-14-. The number of allylic oxidation sites excluding steroid dienone is 1. The number of amides is 1. The van der Waals surface area contributed by atoms with Crippen molar-refractivity contribution < 1.29 is 9.53 Å². The lowest BCUT2D eigenvalue weighted by Crippen LogP contribution is -2.38. The number of carbonyl (C=O) groups excluding carboxylic acids is 1. The number of nitrogens with one attached hydrogen (secondary N) is 1. The van der Waals surface area contributed by atoms with Crippen LogP contribution in [0.2, 0.25) is 0 Å². The van der Waals surface area contributed by atoms with Crippen LogP contribution >= 0.6 is 0 Å². The highest BCUT2D eigenvalue weighted by Crippen LogP contribution is 2.26. The maximum atomic E-state index is 12.1. The molecule has 134 valence electrons. The number of ether oxygens (including phenoxy) is 1. The molecule has 0 atom stereocenters. The number of hydrogen-bond acceptors (Lipinski definition) is 4. The van der Waals surface area contributed by atoms with Crippen molar-refractivity contribution in [2.45, 2.75) is 12.8 Å². The Morgan fingerprint density at radius 3 is 2.92 bits per heavy atom.